The summed E-state index contributed by atoms with van der Waals surface area (Å²) in [5.41, 5.74) is 1.70. The average Bonchev–Trinajstić information content (AvgIpc) is 1.81. The first-order valence-corrected chi connectivity index (χ1v) is 3.29. The SMILES string of the molecule is NNC(=O)OCC(Cl)(Cl)Cl. The summed E-state index contributed by atoms with van der Waals surface area (Å²) in [5, 5.41) is 0. The average molecular weight is 207 g/mol. The van der Waals surface area contributed by atoms with E-state index in [9.17, 15) is 4.79 Å². The number of nitrogens with one attached hydrogen (secondary N) is 1. The number of amides is 1. The molecule has 0 aliphatic rings. The molecule has 0 aliphatic heterocycles. The Bertz CT molecular complexity index is 123. The van der Waals surface area contributed by atoms with Crippen LogP contribution < -0.4 is 11.3 Å². The van der Waals surface area contributed by atoms with Crippen molar-refractivity contribution in [2.45, 2.75) is 3.79 Å². The second kappa shape index (κ2) is 4.08. The Balaban J connectivity index is 3.46. The lowest BCUT2D eigenvalue weighted by Gasteiger charge is -2.09. The van der Waals surface area contributed by atoms with E-state index in [0.29, 0.717) is 0 Å². The number of hydrogen-bond acceptors (Lipinski definition) is 3. The van der Waals surface area contributed by atoms with Crippen molar-refractivity contribution in [3.8, 4) is 0 Å². The highest BCUT2D eigenvalue weighted by Gasteiger charge is 2.21. The summed E-state index contributed by atoms with van der Waals surface area (Å²) < 4.78 is 2.69. The molecule has 7 heteroatoms. The summed E-state index contributed by atoms with van der Waals surface area (Å²) in [4.78, 5) is 10.2. The van der Waals surface area contributed by atoms with Gasteiger partial charge in [-0.15, -0.1) is 0 Å². The molecule has 3 N–H and O–H groups in total. The molecular formula is C3H5Cl3N2O2. The molecule has 4 nitrogen and oxygen atoms in total. The standard InChI is InChI=1S/C3H5Cl3N2O2/c4-3(5,6)1-10-2(9)8-7/h1,7H2,(H,8,9). The zero-order valence-electron chi connectivity index (χ0n) is 4.73. The highest BCUT2D eigenvalue weighted by atomic mass is 35.6. The topological polar surface area (TPSA) is 64.3 Å². The Morgan fingerprint density at radius 3 is 2.40 bits per heavy atom. The molecule has 0 aromatic rings. The third-order valence-corrected chi connectivity index (χ3v) is 0.812. The maximum Gasteiger partial charge on any atom is 0.421 e. The van der Waals surface area contributed by atoms with E-state index in [4.69, 9.17) is 34.8 Å². The molecule has 60 valence electrons. The van der Waals surface area contributed by atoms with Crippen LogP contribution >= 0.6 is 34.8 Å². The summed E-state index contributed by atoms with van der Waals surface area (Å²) >= 11 is 15.7. The molecule has 0 aromatic carbocycles. The van der Waals surface area contributed by atoms with Crippen LogP contribution in [0.5, 0.6) is 0 Å². The highest BCUT2D eigenvalue weighted by Crippen LogP contribution is 2.25. The summed E-state index contributed by atoms with van der Waals surface area (Å²) in [7, 11) is 0. The van der Waals surface area contributed by atoms with Gasteiger partial charge in [0.1, 0.15) is 6.61 Å². The second-order valence-corrected chi connectivity index (χ2v) is 3.85. The van der Waals surface area contributed by atoms with Crippen LogP contribution in [0.1, 0.15) is 0 Å². The van der Waals surface area contributed by atoms with Crippen molar-refractivity contribution in [1.29, 1.82) is 0 Å². The van der Waals surface area contributed by atoms with Gasteiger partial charge in [0.05, 0.1) is 0 Å². The lowest BCUT2D eigenvalue weighted by molar-refractivity contribution is 0.148. The van der Waals surface area contributed by atoms with Gasteiger partial charge in [-0.1, -0.05) is 34.8 Å². The van der Waals surface area contributed by atoms with Crippen LogP contribution in [0, 0.1) is 0 Å². The lowest BCUT2D eigenvalue weighted by atomic mass is 10.8. The minimum absolute atomic E-state index is 0.333. The van der Waals surface area contributed by atoms with Crippen LogP contribution in [0.2, 0.25) is 0 Å². The maximum atomic E-state index is 10.2. The number of hydrogen-bond donors (Lipinski definition) is 2. The van der Waals surface area contributed by atoms with E-state index in [1.54, 1.807) is 5.43 Å². The predicted octanol–water partition coefficient (Wildman–Crippen LogP) is 0.957. The molecule has 1 amide bonds. The molecule has 0 atom stereocenters. The van der Waals surface area contributed by atoms with Gasteiger partial charge in [-0.05, 0) is 0 Å². The number of carbonyl (C=O) groups is 1. The number of halogens is 3. The number of hydrazine groups is 1. The van der Waals surface area contributed by atoms with Gasteiger partial charge in [-0.25, -0.2) is 10.6 Å². The molecule has 0 saturated carbocycles. The number of ether oxygens (including phenoxy) is 1. The van der Waals surface area contributed by atoms with Crippen LogP contribution in [0.25, 0.3) is 0 Å². The van der Waals surface area contributed by atoms with Crippen LogP contribution in [0.4, 0.5) is 4.79 Å². The van der Waals surface area contributed by atoms with E-state index in [1.807, 2.05) is 0 Å². The number of carbonyl (C=O) groups excluding carboxylic acids is 1. The molecule has 0 radical (unpaired) electrons. The minimum atomic E-state index is -1.59. The van der Waals surface area contributed by atoms with Gasteiger partial charge in [0, 0.05) is 0 Å². The number of nitrogens with two attached hydrogens (primary N) is 1. The van der Waals surface area contributed by atoms with E-state index in [-0.39, 0.29) is 6.61 Å². The third-order valence-electron chi connectivity index (χ3n) is 0.485. The first kappa shape index (κ1) is 10.1. The molecule has 0 aromatic heterocycles. The van der Waals surface area contributed by atoms with E-state index in [1.165, 1.54) is 0 Å². The lowest BCUT2D eigenvalue weighted by Crippen LogP contribution is -2.32. The van der Waals surface area contributed by atoms with Gasteiger partial charge in [0.2, 0.25) is 3.79 Å². The van der Waals surface area contributed by atoms with Crippen LogP contribution in [-0.4, -0.2) is 16.5 Å². The van der Waals surface area contributed by atoms with E-state index < -0.39 is 9.89 Å². The molecule has 10 heavy (non-hydrogen) atoms. The summed E-state index contributed by atoms with van der Waals surface area (Å²) in [6.07, 6.45) is -0.841. The van der Waals surface area contributed by atoms with Crippen molar-refractivity contribution in [1.82, 2.24) is 5.43 Å². The van der Waals surface area contributed by atoms with Crippen molar-refractivity contribution in [3.05, 3.63) is 0 Å². The molecule has 0 rings (SSSR count). The van der Waals surface area contributed by atoms with E-state index in [0.717, 1.165) is 0 Å². The van der Waals surface area contributed by atoms with Gasteiger partial charge in [-0.3, -0.25) is 5.43 Å². The number of rotatable bonds is 1. The van der Waals surface area contributed by atoms with Gasteiger partial charge in [-0.2, -0.15) is 0 Å². The smallest absolute Gasteiger partial charge is 0.421 e. The molecule has 0 saturated heterocycles. The zero-order valence-corrected chi connectivity index (χ0v) is 7.00. The number of alkyl halides is 3. The molecule has 0 heterocycles. The minimum Gasteiger partial charge on any atom is -0.444 e. The normalized spacial score (nSPS) is 10.8. The zero-order chi connectivity index (χ0) is 8.20. The van der Waals surface area contributed by atoms with Crippen LogP contribution in [-0.2, 0) is 4.74 Å². The molecule has 0 spiro atoms. The molecule has 0 aliphatic carbocycles. The van der Waals surface area contributed by atoms with Crippen molar-refractivity contribution >= 4 is 40.9 Å². The Labute approximate surface area is 72.5 Å². The summed E-state index contributed by atoms with van der Waals surface area (Å²) in [6, 6.07) is 0. The van der Waals surface area contributed by atoms with Gasteiger partial charge < -0.3 is 4.74 Å². The summed E-state index contributed by atoms with van der Waals surface area (Å²) in [5.74, 6) is 4.65. The van der Waals surface area contributed by atoms with E-state index in [2.05, 4.69) is 10.6 Å². The first-order chi connectivity index (χ1) is 4.45. The van der Waals surface area contributed by atoms with Crippen molar-refractivity contribution < 1.29 is 9.53 Å². The fourth-order valence-electron chi connectivity index (χ4n) is 0.189. The maximum absolute atomic E-state index is 10.2. The van der Waals surface area contributed by atoms with Crippen molar-refractivity contribution in [3.63, 3.8) is 0 Å². The summed E-state index contributed by atoms with van der Waals surface area (Å²) in [6.45, 7) is -0.333. The highest BCUT2D eigenvalue weighted by molar-refractivity contribution is 6.67. The Morgan fingerprint density at radius 2 is 2.10 bits per heavy atom. The van der Waals surface area contributed by atoms with Crippen LogP contribution in [0.15, 0.2) is 0 Å². The van der Waals surface area contributed by atoms with E-state index >= 15 is 0 Å². The molecule has 0 unspecified atom stereocenters. The molecule has 0 fully saturated rings. The largest absolute Gasteiger partial charge is 0.444 e. The van der Waals surface area contributed by atoms with Crippen molar-refractivity contribution in [2.75, 3.05) is 6.61 Å². The van der Waals surface area contributed by atoms with Gasteiger partial charge in [0.15, 0.2) is 0 Å². The second-order valence-electron chi connectivity index (χ2n) is 1.34. The van der Waals surface area contributed by atoms with Crippen molar-refractivity contribution in [2.24, 2.45) is 5.84 Å². The Hall–Kier alpha value is 0.1000. The fraction of sp³-hybridized carbons (Fsp3) is 0.667. The predicted molar refractivity (Wildman–Crippen MR) is 39.0 cm³/mol. The molecule has 0 bridgehead atoms. The quantitative estimate of drug-likeness (QED) is 0.291. The van der Waals surface area contributed by atoms with Crippen LogP contribution in [0.3, 0.4) is 0 Å². The fourth-order valence-corrected chi connectivity index (χ4v) is 0.353. The molecular weight excluding hydrogens is 202 g/mol. The Morgan fingerprint density at radius 1 is 1.60 bits per heavy atom. The monoisotopic (exact) mass is 206 g/mol. The first-order valence-electron chi connectivity index (χ1n) is 2.16. The Kier molecular flexibility index (Phi) is 4.12. The third kappa shape index (κ3) is 6.22. The van der Waals surface area contributed by atoms with Gasteiger partial charge in [0.25, 0.3) is 0 Å². The van der Waals surface area contributed by atoms with Gasteiger partial charge >= 0.3 is 6.09 Å².